The van der Waals surface area contributed by atoms with Gasteiger partial charge in [-0.2, -0.15) is 5.10 Å². The summed E-state index contributed by atoms with van der Waals surface area (Å²) in [4.78, 5) is 0. The second-order valence-corrected chi connectivity index (χ2v) is 3.83. The Hall–Kier alpha value is -1.45. The van der Waals surface area contributed by atoms with Crippen molar-refractivity contribution >= 4 is 11.5 Å². The highest BCUT2D eigenvalue weighted by molar-refractivity contribution is 5.64. The molecule has 0 atom stereocenters. The molecule has 0 saturated carbocycles. The Morgan fingerprint density at radius 1 is 1.53 bits per heavy atom. The lowest BCUT2D eigenvalue weighted by atomic mass is 10.3. The molecule has 4 nitrogen and oxygen atoms in total. The smallest absolute Gasteiger partial charge is 0.148 e. The lowest BCUT2D eigenvalue weighted by molar-refractivity contribution is 0.659. The summed E-state index contributed by atoms with van der Waals surface area (Å²) < 4.78 is 1.89. The predicted molar refractivity (Wildman–Crippen MR) is 65.0 cm³/mol. The van der Waals surface area contributed by atoms with E-state index in [4.69, 9.17) is 5.73 Å². The minimum atomic E-state index is 0.749. The fraction of sp³-hybridized carbons (Fsp3) is 0.545. The van der Waals surface area contributed by atoms with Crippen LogP contribution in [0.15, 0.2) is 11.6 Å². The maximum atomic E-state index is 5.93. The quantitative estimate of drug-likeness (QED) is 0.746. The number of allylic oxidation sites excluding steroid dienone is 1. The molecule has 0 amide bonds. The Morgan fingerprint density at radius 3 is 2.73 bits per heavy atom. The minimum Gasteiger partial charge on any atom is -0.394 e. The van der Waals surface area contributed by atoms with E-state index in [0.29, 0.717) is 0 Å². The Morgan fingerprint density at radius 2 is 2.20 bits per heavy atom. The molecule has 0 fully saturated rings. The predicted octanol–water partition coefficient (Wildman–Crippen LogP) is 2.17. The summed E-state index contributed by atoms with van der Waals surface area (Å²) in [5.41, 5.74) is 8.86. The van der Waals surface area contributed by atoms with Crippen molar-refractivity contribution in [2.24, 2.45) is 0 Å². The summed E-state index contributed by atoms with van der Waals surface area (Å²) in [6.45, 7) is 9.75. The molecule has 84 valence electrons. The van der Waals surface area contributed by atoms with Crippen molar-refractivity contribution in [2.45, 2.75) is 34.2 Å². The van der Waals surface area contributed by atoms with Crippen LogP contribution in [0.2, 0.25) is 0 Å². The number of anilines is 2. The van der Waals surface area contributed by atoms with Gasteiger partial charge in [0.15, 0.2) is 0 Å². The zero-order valence-electron chi connectivity index (χ0n) is 9.96. The van der Waals surface area contributed by atoms with E-state index in [2.05, 4.69) is 37.3 Å². The molecule has 1 heterocycles. The van der Waals surface area contributed by atoms with Gasteiger partial charge in [-0.05, 0) is 27.7 Å². The number of hydrogen-bond donors (Lipinski definition) is 2. The summed E-state index contributed by atoms with van der Waals surface area (Å²) in [6.07, 6.45) is 2.13. The third-order valence-electron chi connectivity index (χ3n) is 2.25. The van der Waals surface area contributed by atoms with Gasteiger partial charge in [-0.3, -0.25) is 0 Å². The van der Waals surface area contributed by atoms with Crippen LogP contribution < -0.4 is 11.1 Å². The highest BCUT2D eigenvalue weighted by Gasteiger charge is 2.09. The summed E-state index contributed by atoms with van der Waals surface area (Å²) in [6, 6.07) is 0. The molecule has 15 heavy (non-hydrogen) atoms. The average Bonchev–Trinajstić information content (AvgIpc) is 2.44. The highest BCUT2D eigenvalue weighted by Crippen LogP contribution is 2.21. The van der Waals surface area contributed by atoms with Gasteiger partial charge in [0.2, 0.25) is 0 Å². The van der Waals surface area contributed by atoms with Crippen LogP contribution in [0.1, 0.15) is 26.5 Å². The number of nitrogens with one attached hydrogen (secondary N) is 1. The van der Waals surface area contributed by atoms with Crippen LogP contribution in [0.5, 0.6) is 0 Å². The molecule has 1 aromatic heterocycles. The third kappa shape index (κ3) is 2.75. The van der Waals surface area contributed by atoms with Crippen molar-refractivity contribution in [2.75, 3.05) is 17.6 Å². The van der Waals surface area contributed by atoms with E-state index in [1.807, 2.05) is 11.6 Å². The van der Waals surface area contributed by atoms with Crippen LogP contribution in [0.4, 0.5) is 11.5 Å². The van der Waals surface area contributed by atoms with Crippen molar-refractivity contribution in [3.63, 3.8) is 0 Å². The van der Waals surface area contributed by atoms with E-state index in [-0.39, 0.29) is 0 Å². The molecule has 1 aromatic rings. The highest BCUT2D eigenvalue weighted by atomic mass is 15.3. The van der Waals surface area contributed by atoms with Crippen molar-refractivity contribution < 1.29 is 0 Å². The van der Waals surface area contributed by atoms with Crippen LogP contribution in [0.3, 0.4) is 0 Å². The number of hydrogen-bond acceptors (Lipinski definition) is 3. The fourth-order valence-electron chi connectivity index (χ4n) is 1.36. The lowest BCUT2D eigenvalue weighted by Crippen LogP contribution is -2.08. The van der Waals surface area contributed by atoms with Gasteiger partial charge in [-0.15, -0.1) is 0 Å². The van der Waals surface area contributed by atoms with E-state index in [1.54, 1.807) is 0 Å². The molecule has 0 aliphatic rings. The number of aryl methyl sites for hydroxylation is 2. The topological polar surface area (TPSA) is 55.9 Å². The van der Waals surface area contributed by atoms with Crippen molar-refractivity contribution in [3.05, 3.63) is 17.3 Å². The van der Waals surface area contributed by atoms with Gasteiger partial charge >= 0.3 is 0 Å². The molecule has 0 unspecified atom stereocenters. The molecule has 0 saturated heterocycles. The van der Waals surface area contributed by atoms with Gasteiger partial charge in [-0.1, -0.05) is 11.6 Å². The molecule has 4 heteroatoms. The first-order valence-electron chi connectivity index (χ1n) is 5.26. The summed E-state index contributed by atoms with van der Waals surface area (Å²) in [5, 5.41) is 7.62. The SMILES string of the molecule is CCn1nc(C)c(N)c1NCC=C(C)C. The van der Waals surface area contributed by atoms with Gasteiger partial charge in [-0.25, -0.2) is 4.68 Å². The number of aromatic nitrogens is 2. The van der Waals surface area contributed by atoms with Gasteiger partial charge in [0, 0.05) is 13.1 Å². The first-order chi connectivity index (χ1) is 7.06. The van der Waals surface area contributed by atoms with E-state index < -0.39 is 0 Å². The molecule has 0 aromatic carbocycles. The number of nitrogens with two attached hydrogens (primary N) is 1. The Bertz CT molecular complexity index is 359. The van der Waals surface area contributed by atoms with Crippen LogP contribution in [-0.2, 0) is 6.54 Å². The van der Waals surface area contributed by atoms with Gasteiger partial charge in [0.1, 0.15) is 5.82 Å². The molecule has 0 radical (unpaired) electrons. The monoisotopic (exact) mass is 208 g/mol. The molecular formula is C11H20N4. The normalized spacial score (nSPS) is 10.1. The lowest BCUT2D eigenvalue weighted by Gasteiger charge is -2.07. The third-order valence-corrected chi connectivity index (χ3v) is 2.25. The van der Waals surface area contributed by atoms with Crippen molar-refractivity contribution in [3.8, 4) is 0 Å². The Balaban J connectivity index is 2.79. The van der Waals surface area contributed by atoms with Crippen LogP contribution >= 0.6 is 0 Å². The summed E-state index contributed by atoms with van der Waals surface area (Å²) >= 11 is 0. The molecule has 0 aliphatic carbocycles. The second-order valence-electron chi connectivity index (χ2n) is 3.83. The average molecular weight is 208 g/mol. The molecule has 0 aliphatic heterocycles. The Labute approximate surface area is 91.2 Å². The molecule has 0 spiro atoms. The molecule has 3 N–H and O–H groups in total. The maximum Gasteiger partial charge on any atom is 0.148 e. The van der Waals surface area contributed by atoms with Crippen molar-refractivity contribution in [1.82, 2.24) is 9.78 Å². The minimum absolute atomic E-state index is 0.749. The van der Waals surface area contributed by atoms with Crippen LogP contribution in [0, 0.1) is 6.92 Å². The maximum absolute atomic E-state index is 5.93. The van der Waals surface area contributed by atoms with E-state index in [0.717, 1.165) is 30.3 Å². The fourth-order valence-corrected chi connectivity index (χ4v) is 1.36. The number of nitrogens with zero attached hydrogens (tertiary/aromatic N) is 2. The van der Waals surface area contributed by atoms with Gasteiger partial charge in [0.05, 0.1) is 11.4 Å². The second kappa shape index (κ2) is 4.87. The molecule has 1 rings (SSSR count). The zero-order valence-corrected chi connectivity index (χ0v) is 9.96. The molecule has 0 bridgehead atoms. The standard InChI is InChI=1S/C11H20N4/c1-5-15-11(10(12)9(4)14-15)13-7-6-8(2)3/h6,13H,5,7,12H2,1-4H3. The first kappa shape index (κ1) is 11.6. The van der Waals surface area contributed by atoms with E-state index in [1.165, 1.54) is 5.57 Å². The first-order valence-corrected chi connectivity index (χ1v) is 5.26. The summed E-state index contributed by atoms with van der Waals surface area (Å²) in [5.74, 6) is 0.924. The van der Waals surface area contributed by atoms with Gasteiger partial charge in [0.25, 0.3) is 0 Å². The largest absolute Gasteiger partial charge is 0.394 e. The van der Waals surface area contributed by atoms with E-state index in [9.17, 15) is 0 Å². The van der Waals surface area contributed by atoms with Crippen molar-refractivity contribution in [1.29, 1.82) is 0 Å². The van der Waals surface area contributed by atoms with Crippen LogP contribution in [0.25, 0.3) is 0 Å². The summed E-state index contributed by atoms with van der Waals surface area (Å²) in [7, 11) is 0. The van der Waals surface area contributed by atoms with Gasteiger partial charge < -0.3 is 11.1 Å². The van der Waals surface area contributed by atoms with E-state index >= 15 is 0 Å². The van der Waals surface area contributed by atoms with Crippen LogP contribution in [-0.4, -0.2) is 16.3 Å². The zero-order chi connectivity index (χ0) is 11.4. The number of nitrogen functional groups attached to an aromatic ring is 1. The Kier molecular flexibility index (Phi) is 3.77. The molecular weight excluding hydrogens is 188 g/mol. The number of rotatable bonds is 4.